The average molecular weight is 283 g/mol. The van der Waals surface area contributed by atoms with E-state index in [0.29, 0.717) is 17.5 Å². The molecule has 0 bridgehead atoms. The van der Waals surface area contributed by atoms with Gasteiger partial charge in [0.05, 0.1) is 0 Å². The van der Waals surface area contributed by atoms with Gasteiger partial charge in [-0.3, -0.25) is 0 Å². The summed E-state index contributed by atoms with van der Waals surface area (Å²) < 4.78 is 14.3. The van der Waals surface area contributed by atoms with Crippen molar-refractivity contribution in [3.63, 3.8) is 0 Å². The number of rotatable bonds is 5. The minimum atomic E-state index is -0.137. The topological polar surface area (TPSA) is 12.0 Å². The molecule has 0 radical (unpaired) electrons. The van der Waals surface area contributed by atoms with E-state index in [1.165, 1.54) is 18.4 Å². The Hall–Kier alpha value is -1.67. The highest BCUT2D eigenvalue weighted by Crippen LogP contribution is 2.26. The Morgan fingerprint density at radius 2 is 1.81 bits per heavy atom. The molecule has 21 heavy (non-hydrogen) atoms. The smallest absolute Gasteiger partial charge is 0.131 e. The van der Waals surface area contributed by atoms with Crippen LogP contribution in [0.1, 0.15) is 43.7 Å². The lowest BCUT2D eigenvalue weighted by atomic mass is 9.98. The van der Waals surface area contributed by atoms with Gasteiger partial charge in [-0.05, 0) is 41.5 Å². The van der Waals surface area contributed by atoms with Crippen molar-refractivity contribution in [2.45, 2.75) is 45.2 Å². The van der Waals surface area contributed by atoms with Crippen LogP contribution < -0.4 is 5.32 Å². The van der Waals surface area contributed by atoms with Gasteiger partial charge in [0.1, 0.15) is 5.82 Å². The molecule has 1 aliphatic carbocycles. The lowest BCUT2D eigenvalue weighted by Gasteiger charge is -2.09. The molecule has 2 aromatic rings. The normalized spacial score (nSPS) is 14.7. The molecule has 0 aliphatic heterocycles. The summed E-state index contributed by atoms with van der Waals surface area (Å²) in [5.41, 5.74) is 3.92. The molecule has 1 nitrogen and oxygen atoms in total. The maximum absolute atomic E-state index is 14.3. The molecule has 1 saturated carbocycles. The van der Waals surface area contributed by atoms with Crippen LogP contribution in [0.2, 0.25) is 0 Å². The Bertz CT molecular complexity index is 612. The molecule has 0 heterocycles. The van der Waals surface area contributed by atoms with E-state index in [-0.39, 0.29) is 5.82 Å². The van der Waals surface area contributed by atoms with Gasteiger partial charge in [-0.15, -0.1) is 0 Å². The van der Waals surface area contributed by atoms with Crippen molar-refractivity contribution in [1.82, 2.24) is 5.32 Å². The lowest BCUT2D eigenvalue weighted by Crippen LogP contribution is -2.15. The largest absolute Gasteiger partial charge is 0.310 e. The molecule has 1 aliphatic rings. The van der Waals surface area contributed by atoms with E-state index in [1.807, 2.05) is 24.3 Å². The summed E-state index contributed by atoms with van der Waals surface area (Å²) in [7, 11) is 0. The van der Waals surface area contributed by atoms with Gasteiger partial charge >= 0.3 is 0 Å². The van der Waals surface area contributed by atoms with Gasteiger partial charge in [-0.25, -0.2) is 4.39 Å². The second-order valence-electron chi connectivity index (χ2n) is 6.25. The van der Waals surface area contributed by atoms with Crippen molar-refractivity contribution in [1.29, 1.82) is 0 Å². The molecule has 3 rings (SSSR count). The van der Waals surface area contributed by atoms with Crippen molar-refractivity contribution in [3.8, 4) is 11.1 Å². The number of benzene rings is 2. The molecule has 1 fully saturated rings. The average Bonchev–Trinajstić information content (AvgIpc) is 3.29. The molecular weight excluding hydrogens is 261 g/mol. The first kappa shape index (κ1) is 14.3. The van der Waals surface area contributed by atoms with Crippen LogP contribution in [0, 0.1) is 5.82 Å². The first-order valence-electron chi connectivity index (χ1n) is 7.75. The Morgan fingerprint density at radius 1 is 1.10 bits per heavy atom. The predicted octanol–water partition coefficient (Wildman–Crippen LogP) is 4.87. The van der Waals surface area contributed by atoms with E-state index in [9.17, 15) is 4.39 Å². The van der Waals surface area contributed by atoms with Gasteiger partial charge in [0.25, 0.3) is 0 Å². The fourth-order valence-electron chi connectivity index (χ4n) is 2.50. The fraction of sp³-hybridized carbons (Fsp3) is 0.368. The van der Waals surface area contributed by atoms with Crippen molar-refractivity contribution >= 4 is 0 Å². The molecule has 2 heteroatoms. The summed E-state index contributed by atoms with van der Waals surface area (Å²) in [4.78, 5) is 0. The minimum Gasteiger partial charge on any atom is -0.310 e. The van der Waals surface area contributed by atoms with Crippen molar-refractivity contribution in [2.75, 3.05) is 0 Å². The minimum absolute atomic E-state index is 0.137. The molecule has 2 aromatic carbocycles. The molecule has 0 saturated heterocycles. The maximum atomic E-state index is 14.3. The predicted molar refractivity (Wildman–Crippen MR) is 85.8 cm³/mol. The standard InChI is InChI=1S/C19H22FN/c1-13(2)15-4-6-16(7-5-15)18-10-3-14(11-19(18)20)12-21-17-8-9-17/h3-7,10-11,13,17,21H,8-9,12H2,1-2H3. The molecule has 0 spiro atoms. The third-order valence-electron chi connectivity index (χ3n) is 4.09. The highest BCUT2D eigenvalue weighted by Gasteiger charge is 2.20. The number of halogens is 1. The summed E-state index contributed by atoms with van der Waals surface area (Å²) in [6.45, 7) is 5.09. The molecule has 110 valence electrons. The van der Waals surface area contributed by atoms with Crippen LogP contribution in [-0.4, -0.2) is 6.04 Å². The maximum Gasteiger partial charge on any atom is 0.131 e. The Balaban J connectivity index is 1.77. The van der Waals surface area contributed by atoms with Gasteiger partial charge in [0, 0.05) is 18.2 Å². The van der Waals surface area contributed by atoms with E-state index >= 15 is 0 Å². The van der Waals surface area contributed by atoms with E-state index < -0.39 is 0 Å². The van der Waals surface area contributed by atoms with Crippen LogP contribution in [-0.2, 0) is 6.54 Å². The summed E-state index contributed by atoms with van der Waals surface area (Å²) in [6, 6.07) is 14.4. The summed E-state index contributed by atoms with van der Waals surface area (Å²) in [6.07, 6.45) is 2.51. The van der Waals surface area contributed by atoms with Gasteiger partial charge in [0.2, 0.25) is 0 Å². The first-order chi connectivity index (χ1) is 10.1. The van der Waals surface area contributed by atoms with Crippen LogP contribution >= 0.6 is 0 Å². The fourth-order valence-corrected chi connectivity index (χ4v) is 2.50. The second kappa shape index (κ2) is 5.98. The number of nitrogens with one attached hydrogen (secondary N) is 1. The summed E-state index contributed by atoms with van der Waals surface area (Å²) >= 11 is 0. The SMILES string of the molecule is CC(C)c1ccc(-c2ccc(CNC3CC3)cc2F)cc1. The molecule has 0 aromatic heterocycles. The highest BCUT2D eigenvalue weighted by atomic mass is 19.1. The highest BCUT2D eigenvalue weighted by molar-refractivity contribution is 5.64. The van der Waals surface area contributed by atoms with Crippen LogP contribution in [0.5, 0.6) is 0 Å². The second-order valence-corrected chi connectivity index (χ2v) is 6.25. The Labute approximate surface area is 126 Å². The quantitative estimate of drug-likeness (QED) is 0.825. The molecule has 1 N–H and O–H groups in total. The molecule has 0 atom stereocenters. The van der Waals surface area contributed by atoms with Crippen molar-refractivity contribution < 1.29 is 4.39 Å². The number of hydrogen-bond acceptors (Lipinski definition) is 1. The van der Waals surface area contributed by atoms with Gasteiger partial charge < -0.3 is 5.32 Å². The van der Waals surface area contributed by atoms with Crippen LogP contribution in [0.25, 0.3) is 11.1 Å². The van der Waals surface area contributed by atoms with E-state index in [0.717, 1.165) is 17.7 Å². The van der Waals surface area contributed by atoms with Gasteiger partial charge in [-0.1, -0.05) is 50.2 Å². The van der Waals surface area contributed by atoms with Gasteiger partial charge in [-0.2, -0.15) is 0 Å². The zero-order chi connectivity index (χ0) is 14.8. The van der Waals surface area contributed by atoms with Crippen LogP contribution in [0.15, 0.2) is 42.5 Å². The summed E-state index contributed by atoms with van der Waals surface area (Å²) in [5.74, 6) is 0.363. The Kier molecular flexibility index (Phi) is 4.07. The van der Waals surface area contributed by atoms with Crippen molar-refractivity contribution in [2.24, 2.45) is 0 Å². The van der Waals surface area contributed by atoms with Crippen LogP contribution in [0.4, 0.5) is 4.39 Å². The molecule has 0 amide bonds. The monoisotopic (exact) mass is 283 g/mol. The van der Waals surface area contributed by atoms with E-state index in [4.69, 9.17) is 0 Å². The first-order valence-corrected chi connectivity index (χ1v) is 7.75. The lowest BCUT2D eigenvalue weighted by molar-refractivity contribution is 0.623. The Morgan fingerprint density at radius 3 is 2.38 bits per heavy atom. The van der Waals surface area contributed by atoms with Gasteiger partial charge in [0.15, 0.2) is 0 Å². The third-order valence-corrected chi connectivity index (χ3v) is 4.09. The molecular formula is C19H22FN. The zero-order valence-electron chi connectivity index (χ0n) is 12.7. The van der Waals surface area contributed by atoms with E-state index in [2.05, 4.69) is 31.3 Å². The van der Waals surface area contributed by atoms with E-state index in [1.54, 1.807) is 6.07 Å². The molecule has 0 unspecified atom stereocenters. The summed E-state index contributed by atoms with van der Waals surface area (Å²) in [5, 5.41) is 3.41. The number of hydrogen-bond donors (Lipinski definition) is 1. The zero-order valence-corrected chi connectivity index (χ0v) is 12.7. The third kappa shape index (κ3) is 3.51. The van der Waals surface area contributed by atoms with Crippen molar-refractivity contribution in [3.05, 3.63) is 59.4 Å². The van der Waals surface area contributed by atoms with Crippen LogP contribution in [0.3, 0.4) is 0 Å².